The minimum absolute atomic E-state index is 0.0585. The molecule has 0 aromatic carbocycles. The first kappa shape index (κ1) is 30.9. The van der Waals surface area contributed by atoms with E-state index in [4.69, 9.17) is 9.51 Å². The summed E-state index contributed by atoms with van der Waals surface area (Å²) in [4.78, 5) is 30.5. The van der Waals surface area contributed by atoms with Gasteiger partial charge in [-0.2, -0.15) is 18.3 Å². The minimum Gasteiger partial charge on any atom is -0.360 e. The summed E-state index contributed by atoms with van der Waals surface area (Å²) in [5.41, 5.74) is 1.70. The third-order valence-corrected chi connectivity index (χ3v) is 8.50. The van der Waals surface area contributed by atoms with E-state index in [0.717, 1.165) is 19.3 Å². The topological polar surface area (TPSA) is 114 Å². The average molecular weight is 611 g/mol. The van der Waals surface area contributed by atoms with E-state index < -0.39 is 48.8 Å². The Morgan fingerprint density at radius 3 is 2.40 bits per heavy atom. The number of alkyl halides is 5. The Hall–Kier alpha value is -3.58. The zero-order valence-electron chi connectivity index (χ0n) is 24.0. The maximum atomic E-state index is 14.0. The van der Waals surface area contributed by atoms with Crippen LogP contribution in [0.25, 0.3) is 5.65 Å². The van der Waals surface area contributed by atoms with Crippen molar-refractivity contribution in [3.8, 4) is 0 Å². The molecule has 0 bridgehead atoms. The summed E-state index contributed by atoms with van der Waals surface area (Å²) < 4.78 is 72.8. The molecule has 5 rings (SSSR count). The van der Waals surface area contributed by atoms with E-state index in [-0.39, 0.29) is 49.0 Å². The number of nitrogens with one attached hydrogen (secondary N) is 2. The van der Waals surface area contributed by atoms with Crippen molar-refractivity contribution in [2.75, 3.05) is 0 Å². The van der Waals surface area contributed by atoms with E-state index >= 15 is 0 Å². The van der Waals surface area contributed by atoms with Gasteiger partial charge in [0.1, 0.15) is 5.56 Å². The second-order valence-electron chi connectivity index (χ2n) is 12.0. The zero-order valence-corrected chi connectivity index (χ0v) is 24.0. The number of imidazole rings is 1. The molecule has 0 saturated heterocycles. The van der Waals surface area contributed by atoms with Gasteiger partial charge in [-0.15, -0.1) is 0 Å². The molecule has 3 aromatic rings. The number of hydrogen-bond acceptors (Lipinski definition) is 6. The number of nitrogens with zero attached hydrogens (tertiary/aromatic N) is 4. The second kappa shape index (κ2) is 12.2. The highest BCUT2D eigenvalue weighted by atomic mass is 19.4. The number of carbonyl (C=O) groups is 2. The van der Waals surface area contributed by atoms with Gasteiger partial charge in [0.25, 0.3) is 5.91 Å². The molecule has 2 amide bonds. The van der Waals surface area contributed by atoms with Crippen LogP contribution in [0.4, 0.5) is 22.0 Å². The third kappa shape index (κ3) is 7.32. The Labute approximate surface area is 245 Å². The van der Waals surface area contributed by atoms with E-state index in [1.54, 1.807) is 18.5 Å². The van der Waals surface area contributed by atoms with E-state index in [1.807, 2.05) is 13.8 Å². The lowest BCUT2D eigenvalue weighted by atomic mass is 9.77. The maximum Gasteiger partial charge on any atom is 0.389 e. The summed E-state index contributed by atoms with van der Waals surface area (Å²) in [6, 6.07) is 0.494. The third-order valence-electron chi connectivity index (χ3n) is 8.50. The van der Waals surface area contributed by atoms with Gasteiger partial charge in [-0.25, -0.2) is 18.3 Å². The van der Waals surface area contributed by atoms with Crippen molar-refractivity contribution in [1.82, 2.24) is 30.4 Å². The number of fused-ring (bicyclic) bond motifs is 1. The van der Waals surface area contributed by atoms with Crippen molar-refractivity contribution >= 4 is 17.5 Å². The molecule has 14 heteroatoms. The fourth-order valence-corrected chi connectivity index (χ4v) is 5.86. The minimum atomic E-state index is -4.43. The molecule has 3 heterocycles. The summed E-state index contributed by atoms with van der Waals surface area (Å²) in [5, 5.41) is 13.9. The average Bonchev–Trinajstić information content (AvgIpc) is 3.56. The molecule has 2 saturated carbocycles. The SMILES string of the molecule is CC(C)c1oncc1C(=O)N[C@H](c1cn2ncc([C@H](NC(=O)CCC(F)(F)F)C3CCC3)cc2n1)C1CCC(F)(F)CC1. The first-order valence-electron chi connectivity index (χ1n) is 14.6. The Balaban J connectivity index is 1.41. The molecule has 43 heavy (non-hydrogen) atoms. The van der Waals surface area contributed by atoms with Crippen molar-refractivity contribution in [3.05, 3.63) is 47.2 Å². The van der Waals surface area contributed by atoms with Crippen molar-refractivity contribution in [3.63, 3.8) is 0 Å². The molecule has 3 aromatic heterocycles. The Kier molecular flexibility index (Phi) is 8.75. The van der Waals surface area contributed by atoms with Gasteiger partial charge in [0.2, 0.25) is 11.8 Å². The summed E-state index contributed by atoms with van der Waals surface area (Å²) in [5.74, 6) is -3.86. The Morgan fingerprint density at radius 1 is 1.07 bits per heavy atom. The maximum absolute atomic E-state index is 14.0. The molecule has 234 valence electrons. The van der Waals surface area contributed by atoms with Crippen LogP contribution in [0.5, 0.6) is 0 Å². The van der Waals surface area contributed by atoms with Crippen molar-refractivity contribution < 1.29 is 36.1 Å². The van der Waals surface area contributed by atoms with Crippen LogP contribution in [0.3, 0.4) is 0 Å². The molecule has 0 spiro atoms. The molecule has 2 aliphatic carbocycles. The van der Waals surface area contributed by atoms with Crippen LogP contribution in [0, 0.1) is 11.8 Å². The van der Waals surface area contributed by atoms with Crippen LogP contribution in [-0.4, -0.2) is 43.7 Å². The first-order valence-corrected chi connectivity index (χ1v) is 14.6. The molecule has 0 radical (unpaired) electrons. The Morgan fingerprint density at radius 2 is 1.77 bits per heavy atom. The van der Waals surface area contributed by atoms with Gasteiger partial charge >= 0.3 is 6.18 Å². The molecule has 2 N–H and O–H groups in total. The number of aromatic nitrogens is 4. The normalized spacial score (nSPS) is 19.3. The lowest BCUT2D eigenvalue weighted by Crippen LogP contribution is -2.37. The Bertz CT molecular complexity index is 1440. The van der Waals surface area contributed by atoms with Crippen molar-refractivity contribution in [1.29, 1.82) is 0 Å². The predicted octanol–water partition coefficient (Wildman–Crippen LogP) is 6.44. The monoisotopic (exact) mass is 610 g/mol. The highest BCUT2D eigenvalue weighted by Crippen LogP contribution is 2.42. The van der Waals surface area contributed by atoms with Crippen LogP contribution in [0.1, 0.15) is 117 Å². The van der Waals surface area contributed by atoms with E-state index in [0.29, 0.717) is 22.7 Å². The summed E-state index contributed by atoms with van der Waals surface area (Å²) in [7, 11) is 0. The molecular formula is C29H35F5N6O3. The van der Waals surface area contributed by atoms with Crippen molar-refractivity contribution in [2.45, 2.75) is 102 Å². The molecule has 0 aliphatic heterocycles. The molecule has 2 atom stereocenters. The highest BCUT2D eigenvalue weighted by Gasteiger charge is 2.40. The van der Waals surface area contributed by atoms with Crippen LogP contribution in [0.2, 0.25) is 0 Å². The zero-order chi connectivity index (χ0) is 30.9. The molecule has 0 unspecified atom stereocenters. The number of halogens is 5. The van der Waals surface area contributed by atoms with Gasteiger partial charge < -0.3 is 15.2 Å². The fourth-order valence-electron chi connectivity index (χ4n) is 5.86. The molecule has 2 fully saturated rings. The summed E-state index contributed by atoms with van der Waals surface area (Å²) in [6.07, 6.45) is 0.551. The van der Waals surface area contributed by atoms with E-state index in [9.17, 15) is 31.5 Å². The van der Waals surface area contributed by atoms with Gasteiger partial charge in [-0.3, -0.25) is 9.59 Å². The van der Waals surface area contributed by atoms with Crippen LogP contribution < -0.4 is 10.6 Å². The number of amides is 2. The second-order valence-corrected chi connectivity index (χ2v) is 12.0. The summed E-state index contributed by atoms with van der Waals surface area (Å²) in [6.45, 7) is 3.72. The van der Waals surface area contributed by atoms with Crippen LogP contribution in [0.15, 0.2) is 29.2 Å². The number of hydrogen-bond donors (Lipinski definition) is 2. The van der Waals surface area contributed by atoms with Crippen molar-refractivity contribution in [2.24, 2.45) is 11.8 Å². The smallest absolute Gasteiger partial charge is 0.360 e. The van der Waals surface area contributed by atoms with E-state index in [1.165, 1.54) is 10.7 Å². The predicted molar refractivity (Wildman–Crippen MR) is 144 cm³/mol. The largest absolute Gasteiger partial charge is 0.389 e. The number of carbonyl (C=O) groups excluding carboxylic acids is 2. The molecule has 2 aliphatic rings. The summed E-state index contributed by atoms with van der Waals surface area (Å²) >= 11 is 0. The standard InChI is InChI=1S/C29H35F5N6O3/c1-16(2)26-20(14-36-43-26)27(42)39-25(18-6-9-28(30,31)10-7-18)21-15-40-22(37-21)12-19(13-35-40)24(17-4-3-5-17)38-23(41)8-11-29(32,33)34/h12-18,24-25H,3-11H2,1-2H3,(H,38,41)(H,39,42)/t24-,25+/m1/s1. The highest BCUT2D eigenvalue weighted by molar-refractivity contribution is 5.95. The molecular weight excluding hydrogens is 575 g/mol. The lowest BCUT2D eigenvalue weighted by molar-refractivity contribution is -0.144. The number of rotatable bonds is 10. The van der Waals surface area contributed by atoms with Crippen LogP contribution in [-0.2, 0) is 4.79 Å². The lowest BCUT2D eigenvalue weighted by Gasteiger charge is -2.34. The fraction of sp³-hybridized carbons (Fsp3) is 0.621. The quantitative estimate of drug-likeness (QED) is 0.256. The van der Waals surface area contributed by atoms with Crippen LogP contribution >= 0.6 is 0 Å². The van der Waals surface area contributed by atoms with Gasteiger partial charge in [0, 0.05) is 25.2 Å². The van der Waals surface area contributed by atoms with Gasteiger partial charge in [-0.05, 0) is 49.1 Å². The van der Waals surface area contributed by atoms with Gasteiger partial charge in [-0.1, -0.05) is 25.4 Å². The van der Waals surface area contributed by atoms with E-state index in [2.05, 4.69) is 20.9 Å². The van der Waals surface area contributed by atoms with Gasteiger partial charge in [0.05, 0.1) is 42.8 Å². The van der Waals surface area contributed by atoms with Gasteiger partial charge in [0.15, 0.2) is 11.4 Å². The first-order chi connectivity index (χ1) is 20.3. The molecule has 9 nitrogen and oxygen atoms in total.